The molecule has 0 saturated heterocycles. The Morgan fingerprint density at radius 2 is 1.90 bits per heavy atom. The number of hydrogen-bond acceptors (Lipinski definition) is 6. The number of nitrogens with one attached hydrogen (secondary N) is 3. The summed E-state index contributed by atoms with van der Waals surface area (Å²) in [5.41, 5.74) is 1.81. The van der Waals surface area contributed by atoms with Crippen LogP contribution in [0, 0.1) is 6.92 Å². The first-order chi connectivity index (χ1) is 13.9. The lowest BCUT2D eigenvalue weighted by molar-refractivity contribution is 0.573. The lowest BCUT2D eigenvalue weighted by Gasteiger charge is -2.11. The van der Waals surface area contributed by atoms with Gasteiger partial charge in [0, 0.05) is 37.4 Å². The molecular weight excluding hydrogens is 410 g/mol. The zero-order chi connectivity index (χ0) is 20.7. The van der Waals surface area contributed by atoms with Crippen LogP contribution >= 0.6 is 12.2 Å². The maximum absolute atomic E-state index is 12.4. The van der Waals surface area contributed by atoms with Gasteiger partial charge in [0.25, 0.3) is 10.0 Å². The van der Waals surface area contributed by atoms with E-state index in [1.165, 1.54) is 24.5 Å². The molecule has 11 heteroatoms. The molecule has 0 aliphatic rings. The molecule has 2 heterocycles. The highest BCUT2D eigenvalue weighted by Crippen LogP contribution is 2.16. The minimum absolute atomic E-state index is 0.0188. The predicted octanol–water partition coefficient (Wildman–Crippen LogP) is 2.16. The molecule has 0 saturated carbocycles. The Hall–Kier alpha value is -3.05. The quantitative estimate of drug-likeness (QED) is 0.367. The number of aryl methyl sites for hydroxylation is 2. The summed E-state index contributed by atoms with van der Waals surface area (Å²) in [4.78, 5) is 7.82. The van der Waals surface area contributed by atoms with E-state index in [0.29, 0.717) is 17.3 Å². The molecule has 0 atom stereocenters. The largest absolute Gasteiger partial charge is 0.362 e. The highest BCUT2D eigenvalue weighted by Gasteiger charge is 2.15. The minimum Gasteiger partial charge on any atom is -0.362 e. The van der Waals surface area contributed by atoms with Gasteiger partial charge >= 0.3 is 0 Å². The third-order valence-corrected chi connectivity index (χ3v) is 5.42. The Labute approximate surface area is 174 Å². The number of nitrogens with zero attached hydrogens (tertiary/aromatic N) is 4. The molecule has 0 spiro atoms. The van der Waals surface area contributed by atoms with Gasteiger partial charge in [0.1, 0.15) is 0 Å². The van der Waals surface area contributed by atoms with Gasteiger partial charge in [0.05, 0.1) is 11.1 Å². The van der Waals surface area contributed by atoms with E-state index < -0.39 is 10.0 Å². The maximum Gasteiger partial charge on any atom is 0.264 e. The van der Waals surface area contributed by atoms with Gasteiger partial charge in [0.15, 0.2) is 5.11 Å². The fourth-order valence-electron chi connectivity index (χ4n) is 2.46. The van der Waals surface area contributed by atoms with E-state index in [-0.39, 0.29) is 10.8 Å². The van der Waals surface area contributed by atoms with Crippen LogP contribution in [0.5, 0.6) is 0 Å². The number of aromatic nitrogens is 4. The molecule has 9 nitrogen and oxygen atoms in total. The lowest BCUT2D eigenvalue weighted by Crippen LogP contribution is -2.29. The first kappa shape index (κ1) is 20.7. The van der Waals surface area contributed by atoms with Crippen molar-refractivity contribution in [2.75, 3.05) is 16.6 Å². The van der Waals surface area contributed by atoms with Gasteiger partial charge in [-0.2, -0.15) is 5.10 Å². The monoisotopic (exact) mass is 431 g/mol. The molecule has 0 unspecified atom stereocenters. The summed E-state index contributed by atoms with van der Waals surface area (Å²) in [5.74, 6) is 0.0188. The molecule has 0 aliphatic carbocycles. The summed E-state index contributed by atoms with van der Waals surface area (Å²) in [5, 5.41) is 10.8. The van der Waals surface area contributed by atoms with Crippen molar-refractivity contribution in [1.29, 1.82) is 0 Å². The van der Waals surface area contributed by atoms with Gasteiger partial charge in [-0.05, 0) is 61.5 Å². The second kappa shape index (κ2) is 9.43. The number of sulfonamides is 1. The van der Waals surface area contributed by atoms with Crippen LogP contribution in [0.1, 0.15) is 12.0 Å². The molecule has 0 bridgehead atoms. The van der Waals surface area contributed by atoms with Crippen molar-refractivity contribution >= 4 is 39.0 Å². The van der Waals surface area contributed by atoms with Crippen LogP contribution in [0.25, 0.3) is 0 Å². The van der Waals surface area contributed by atoms with Gasteiger partial charge in [0.2, 0.25) is 5.95 Å². The van der Waals surface area contributed by atoms with E-state index in [1.807, 2.05) is 24.0 Å². The van der Waals surface area contributed by atoms with E-state index >= 15 is 0 Å². The number of rotatable bonds is 8. The van der Waals surface area contributed by atoms with Crippen molar-refractivity contribution in [2.45, 2.75) is 24.8 Å². The molecule has 3 N–H and O–H groups in total. The molecule has 0 radical (unpaired) electrons. The Kier molecular flexibility index (Phi) is 6.73. The lowest BCUT2D eigenvalue weighted by atomic mass is 10.3. The van der Waals surface area contributed by atoms with Gasteiger partial charge in [-0.25, -0.2) is 23.1 Å². The van der Waals surface area contributed by atoms with E-state index in [9.17, 15) is 8.42 Å². The molecule has 1 aromatic carbocycles. The van der Waals surface area contributed by atoms with Crippen molar-refractivity contribution in [3.63, 3.8) is 0 Å². The van der Waals surface area contributed by atoms with E-state index in [2.05, 4.69) is 30.4 Å². The fraction of sp³-hybridized carbons (Fsp3) is 0.222. The number of thiocarbonyl (C=S) groups is 1. The summed E-state index contributed by atoms with van der Waals surface area (Å²) in [6.07, 6.45) is 7.61. The molecule has 0 amide bonds. The maximum atomic E-state index is 12.4. The van der Waals surface area contributed by atoms with Crippen molar-refractivity contribution in [3.8, 4) is 0 Å². The molecule has 2 aromatic heterocycles. The second-order valence-corrected chi connectivity index (χ2v) is 8.31. The Morgan fingerprint density at radius 1 is 1.17 bits per heavy atom. The SMILES string of the molecule is Cc1cnn(CCCNC(=S)Nc2ccc(S(=O)(=O)Nc3ncccn3)cc2)c1. The summed E-state index contributed by atoms with van der Waals surface area (Å²) < 4.78 is 29.0. The first-order valence-electron chi connectivity index (χ1n) is 8.86. The van der Waals surface area contributed by atoms with Crippen LogP contribution in [0.2, 0.25) is 0 Å². The van der Waals surface area contributed by atoms with E-state index in [1.54, 1.807) is 18.2 Å². The zero-order valence-corrected chi connectivity index (χ0v) is 17.4. The number of anilines is 2. The Bertz CT molecular complexity index is 1050. The van der Waals surface area contributed by atoms with Crippen molar-refractivity contribution in [3.05, 3.63) is 60.7 Å². The number of benzene rings is 1. The standard InChI is InChI=1S/C18H21N7O2S2/c1-14-12-22-25(13-14)11-3-10-21-18(28)23-15-4-6-16(7-5-15)29(26,27)24-17-19-8-2-9-20-17/h2,4-9,12-13H,3,10-11H2,1H3,(H,19,20,24)(H2,21,23,28). The van der Waals surface area contributed by atoms with Crippen LogP contribution in [-0.4, -0.2) is 39.8 Å². The normalized spacial score (nSPS) is 11.1. The minimum atomic E-state index is -3.76. The van der Waals surface area contributed by atoms with Crippen LogP contribution in [-0.2, 0) is 16.6 Å². The average Bonchev–Trinajstić information content (AvgIpc) is 3.11. The van der Waals surface area contributed by atoms with Gasteiger partial charge < -0.3 is 10.6 Å². The zero-order valence-electron chi connectivity index (χ0n) is 15.7. The van der Waals surface area contributed by atoms with Gasteiger partial charge in [-0.3, -0.25) is 4.68 Å². The molecule has 0 fully saturated rings. The first-order valence-corrected chi connectivity index (χ1v) is 10.8. The number of hydrogen-bond donors (Lipinski definition) is 3. The van der Waals surface area contributed by atoms with Crippen molar-refractivity contribution in [1.82, 2.24) is 25.1 Å². The van der Waals surface area contributed by atoms with Crippen LogP contribution in [0.4, 0.5) is 11.6 Å². The van der Waals surface area contributed by atoms with Gasteiger partial charge in [-0.15, -0.1) is 0 Å². The predicted molar refractivity (Wildman–Crippen MR) is 115 cm³/mol. The summed E-state index contributed by atoms with van der Waals surface area (Å²) in [6, 6.07) is 7.85. The molecular formula is C18H21N7O2S2. The van der Waals surface area contributed by atoms with Gasteiger partial charge in [-0.1, -0.05) is 0 Å². The summed E-state index contributed by atoms with van der Waals surface area (Å²) >= 11 is 5.27. The van der Waals surface area contributed by atoms with Crippen LogP contribution in [0.3, 0.4) is 0 Å². The van der Waals surface area contributed by atoms with Crippen molar-refractivity contribution in [2.24, 2.45) is 0 Å². The fourth-order valence-corrected chi connectivity index (χ4v) is 3.63. The van der Waals surface area contributed by atoms with Crippen LogP contribution in [0.15, 0.2) is 60.0 Å². The summed E-state index contributed by atoms with van der Waals surface area (Å²) in [6.45, 7) is 3.50. The molecule has 29 heavy (non-hydrogen) atoms. The summed E-state index contributed by atoms with van der Waals surface area (Å²) in [7, 11) is -3.76. The smallest absolute Gasteiger partial charge is 0.264 e. The Morgan fingerprint density at radius 3 is 2.55 bits per heavy atom. The highest BCUT2D eigenvalue weighted by atomic mass is 32.2. The third kappa shape index (κ3) is 6.22. The molecule has 3 aromatic rings. The third-order valence-electron chi connectivity index (χ3n) is 3.83. The average molecular weight is 432 g/mol. The molecule has 152 valence electrons. The van der Waals surface area contributed by atoms with Crippen LogP contribution < -0.4 is 15.4 Å². The molecule has 0 aliphatic heterocycles. The highest BCUT2D eigenvalue weighted by molar-refractivity contribution is 7.92. The Balaban J connectivity index is 1.47. The molecule has 3 rings (SSSR count). The van der Waals surface area contributed by atoms with E-state index in [0.717, 1.165) is 18.5 Å². The second-order valence-electron chi connectivity index (χ2n) is 6.22. The topological polar surface area (TPSA) is 114 Å². The van der Waals surface area contributed by atoms with E-state index in [4.69, 9.17) is 12.2 Å². The van der Waals surface area contributed by atoms with Crippen molar-refractivity contribution < 1.29 is 8.42 Å².